The van der Waals surface area contributed by atoms with Crippen molar-refractivity contribution in [1.29, 1.82) is 0 Å². The zero-order chi connectivity index (χ0) is 13.5. The topological polar surface area (TPSA) is 50.4 Å². The Morgan fingerprint density at radius 1 is 1.47 bits per heavy atom. The predicted octanol–water partition coefficient (Wildman–Crippen LogP) is 2.55. The molecule has 0 aliphatic carbocycles. The van der Waals surface area contributed by atoms with E-state index in [1.54, 1.807) is 0 Å². The minimum Gasteiger partial charge on any atom is -0.384 e. The second-order valence-electron chi connectivity index (χ2n) is 4.63. The Balaban J connectivity index is 1.60. The first-order valence-electron chi connectivity index (χ1n) is 6.62. The molecular formula is C14H19BrN2O2. The van der Waals surface area contributed by atoms with Gasteiger partial charge in [-0.05, 0) is 31.0 Å². The molecule has 1 amide bonds. The SMILES string of the molecule is O=C(CCNc1cccc(Br)c1)NCC1CCCO1. The van der Waals surface area contributed by atoms with Crippen molar-refractivity contribution in [2.75, 3.05) is 25.0 Å². The molecule has 1 saturated heterocycles. The number of halogens is 1. The number of rotatable bonds is 6. The zero-order valence-electron chi connectivity index (χ0n) is 10.8. The minimum atomic E-state index is 0.0676. The molecule has 0 spiro atoms. The van der Waals surface area contributed by atoms with Gasteiger partial charge in [0.05, 0.1) is 6.10 Å². The maximum atomic E-state index is 11.6. The van der Waals surface area contributed by atoms with Crippen LogP contribution in [0.4, 0.5) is 5.69 Å². The Kier molecular flexibility index (Phi) is 5.66. The fourth-order valence-electron chi connectivity index (χ4n) is 2.04. The molecule has 5 heteroatoms. The molecule has 0 bridgehead atoms. The summed E-state index contributed by atoms with van der Waals surface area (Å²) in [6.07, 6.45) is 2.84. The molecule has 1 heterocycles. The second kappa shape index (κ2) is 7.50. The number of hydrogen-bond acceptors (Lipinski definition) is 3. The molecule has 2 rings (SSSR count). The predicted molar refractivity (Wildman–Crippen MR) is 79.2 cm³/mol. The van der Waals surface area contributed by atoms with Crippen LogP contribution in [0, 0.1) is 0 Å². The van der Waals surface area contributed by atoms with Gasteiger partial charge in [0.25, 0.3) is 0 Å². The second-order valence-corrected chi connectivity index (χ2v) is 5.54. The van der Waals surface area contributed by atoms with Crippen molar-refractivity contribution < 1.29 is 9.53 Å². The maximum absolute atomic E-state index is 11.6. The van der Waals surface area contributed by atoms with E-state index in [1.165, 1.54) is 0 Å². The molecule has 1 aromatic carbocycles. The van der Waals surface area contributed by atoms with Gasteiger partial charge in [-0.25, -0.2) is 0 Å². The quantitative estimate of drug-likeness (QED) is 0.844. The Labute approximate surface area is 122 Å². The lowest BCUT2D eigenvalue weighted by Gasteiger charge is -2.11. The number of ether oxygens (including phenoxy) is 1. The third-order valence-corrected chi connectivity index (χ3v) is 3.55. The number of benzene rings is 1. The minimum absolute atomic E-state index is 0.0676. The summed E-state index contributed by atoms with van der Waals surface area (Å²) in [6, 6.07) is 7.91. The molecule has 104 valence electrons. The number of carbonyl (C=O) groups is 1. The molecule has 1 fully saturated rings. The van der Waals surface area contributed by atoms with Crippen molar-refractivity contribution in [3.63, 3.8) is 0 Å². The van der Waals surface area contributed by atoms with Gasteiger partial charge in [-0.1, -0.05) is 22.0 Å². The largest absolute Gasteiger partial charge is 0.384 e. The van der Waals surface area contributed by atoms with E-state index >= 15 is 0 Å². The van der Waals surface area contributed by atoms with Crippen LogP contribution < -0.4 is 10.6 Å². The van der Waals surface area contributed by atoms with Crippen molar-refractivity contribution in [2.24, 2.45) is 0 Å². The molecule has 1 unspecified atom stereocenters. The average molecular weight is 327 g/mol. The standard InChI is InChI=1S/C14H19BrN2O2/c15-11-3-1-4-12(9-11)16-7-6-14(18)17-10-13-5-2-8-19-13/h1,3-4,9,13,16H,2,5-8,10H2,(H,17,18). The van der Waals surface area contributed by atoms with E-state index < -0.39 is 0 Å². The van der Waals surface area contributed by atoms with Gasteiger partial charge < -0.3 is 15.4 Å². The Hall–Kier alpha value is -1.07. The summed E-state index contributed by atoms with van der Waals surface area (Å²) in [5, 5.41) is 6.13. The van der Waals surface area contributed by atoms with E-state index in [2.05, 4.69) is 26.6 Å². The van der Waals surface area contributed by atoms with E-state index in [0.29, 0.717) is 19.5 Å². The summed E-state index contributed by atoms with van der Waals surface area (Å²) < 4.78 is 6.48. The van der Waals surface area contributed by atoms with E-state index in [-0.39, 0.29) is 12.0 Å². The van der Waals surface area contributed by atoms with Crippen molar-refractivity contribution in [1.82, 2.24) is 5.32 Å². The molecule has 1 atom stereocenters. The summed E-state index contributed by atoms with van der Waals surface area (Å²) in [7, 11) is 0. The number of nitrogens with one attached hydrogen (secondary N) is 2. The van der Waals surface area contributed by atoms with Gasteiger partial charge in [-0.3, -0.25) is 4.79 Å². The van der Waals surface area contributed by atoms with Gasteiger partial charge >= 0.3 is 0 Å². The van der Waals surface area contributed by atoms with E-state index in [0.717, 1.165) is 29.6 Å². The summed E-state index contributed by atoms with van der Waals surface area (Å²) >= 11 is 3.41. The molecule has 1 aliphatic heterocycles. The molecule has 0 radical (unpaired) electrons. The van der Waals surface area contributed by atoms with E-state index in [9.17, 15) is 4.79 Å². The van der Waals surface area contributed by atoms with Crippen LogP contribution in [-0.2, 0) is 9.53 Å². The Bertz CT molecular complexity index is 420. The highest BCUT2D eigenvalue weighted by Crippen LogP contribution is 2.15. The third-order valence-electron chi connectivity index (χ3n) is 3.06. The Morgan fingerprint density at radius 2 is 2.37 bits per heavy atom. The smallest absolute Gasteiger partial charge is 0.221 e. The lowest BCUT2D eigenvalue weighted by atomic mass is 10.2. The van der Waals surface area contributed by atoms with Gasteiger partial charge in [-0.15, -0.1) is 0 Å². The van der Waals surface area contributed by atoms with Crippen LogP contribution in [0.25, 0.3) is 0 Å². The fourth-order valence-corrected chi connectivity index (χ4v) is 2.44. The van der Waals surface area contributed by atoms with Gasteiger partial charge in [0.2, 0.25) is 5.91 Å². The molecule has 1 aliphatic rings. The highest BCUT2D eigenvalue weighted by atomic mass is 79.9. The van der Waals surface area contributed by atoms with Gasteiger partial charge in [0.15, 0.2) is 0 Å². The summed E-state index contributed by atoms with van der Waals surface area (Å²) in [5.74, 6) is 0.0676. The van der Waals surface area contributed by atoms with Crippen molar-refractivity contribution in [2.45, 2.75) is 25.4 Å². The highest BCUT2D eigenvalue weighted by Gasteiger charge is 2.15. The summed E-state index contributed by atoms with van der Waals surface area (Å²) in [5.41, 5.74) is 1.02. The van der Waals surface area contributed by atoms with Crippen molar-refractivity contribution >= 4 is 27.5 Å². The maximum Gasteiger partial charge on any atom is 0.221 e. The molecule has 19 heavy (non-hydrogen) atoms. The van der Waals surface area contributed by atoms with Crippen LogP contribution in [0.15, 0.2) is 28.7 Å². The Morgan fingerprint density at radius 3 is 3.11 bits per heavy atom. The van der Waals surface area contributed by atoms with Crippen LogP contribution in [0.3, 0.4) is 0 Å². The fraction of sp³-hybridized carbons (Fsp3) is 0.500. The summed E-state index contributed by atoms with van der Waals surface area (Å²) in [6.45, 7) is 2.09. The van der Waals surface area contributed by atoms with Crippen LogP contribution in [0.1, 0.15) is 19.3 Å². The number of anilines is 1. The van der Waals surface area contributed by atoms with Crippen LogP contribution >= 0.6 is 15.9 Å². The lowest BCUT2D eigenvalue weighted by molar-refractivity contribution is -0.121. The first kappa shape index (κ1) is 14.3. The molecule has 4 nitrogen and oxygen atoms in total. The number of hydrogen-bond donors (Lipinski definition) is 2. The van der Waals surface area contributed by atoms with Crippen LogP contribution in [-0.4, -0.2) is 31.7 Å². The number of carbonyl (C=O) groups excluding carboxylic acids is 1. The van der Waals surface area contributed by atoms with Gasteiger partial charge in [0, 0.05) is 36.3 Å². The summed E-state index contributed by atoms with van der Waals surface area (Å²) in [4.78, 5) is 11.6. The molecule has 0 saturated carbocycles. The molecule has 2 N–H and O–H groups in total. The lowest BCUT2D eigenvalue weighted by Crippen LogP contribution is -2.32. The van der Waals surface area contributed by atoms with Crippen molar-refractivity contribution in [3.05, 3.63) is 28.7 Å². The van der Waals surface area contributed by atoms with Gasteiger partial charge in [0.1, 0.15) is 0 Å². The molecule has 1 aromatic rings. The van der Waals surface area contributed by atoms with E-state index in [1.807, 2.05) is 24.3 Å². The average Bonchev–Trinajstić information content (AvgIpc) is 2.89. The van der Waals surface area contributed by atoms with Crippen molar-refractivity contribution in [3.8, 4) is 0 Å². The third kappa shape index (κ3) is 5.20. The molecule has 0 aromatic heterocycles. The van der Waals surface area contributed by atoms with E-state index in [4.69, 9.17) is 4.74 Å². The first-order chi connectivity index (χ1) is 9.24. The van der Waals surface area contributed by atoms with Crippen LogP contribution in [0.2, 0.25) is 0 Å². The molecular weight excluding hydrogens is 308 g/mol. The normalized spacial score (nSPS) is 18.3. The number of amides is 1. The monoisotopic (exact) mass is 326 g/mol. The zero-order valence-corrected chi connectivity index (χ0v) is 12.4. The first-order valence-corrected chi connectivity index (χ1v) is 7.41. The van der Waals surface area contributed by atoms with Crippen LogP contribution in [0.5, 0.6) is 0 Å². The van der Waals surface area contributed by atoms with Gasteiger partial charge in [-0.2, -0.15) is 0 Å². The highest BCUT2D eigenvalue weighted by molar-refractivity contribution is 9.10.